The molecule has 4 heterocycles. The van der Waals surface area contributed by atoms with Crippen molar-refractivity contribution in [1.29, 1.82) is 0 Å². The van der Waals surface area contributed by atoms with Crippen LogP contribution < -0.4 is 11.1 Å². The number of anilines is 1. The fraction of sp³-hybridized carbons (Fsp3) is 0.227. The van der Waals surface area contributed by atoms with Crippen LogP contribution in [0.3, 0.4) is 0 Å². The summed E-state index contributed by atoms with van der Waals surface area (Å²) in [5.74, 6) is 0.0706. The first-order valence-corrected chi connectivity index (χ1v) is 10.6. The summed E-state index contributed by atoms with van der Waals surface area (Å²) >= 11 is 3.49. The molecule has 0 saturated carbocycles. The summed E-state index contributed by atoms with van der Waals surface area (Å²) in [7, 11) is 0. The molecule has 8 heteroatoms. The van der Waals surface area contributed by atoms with Crippen molar-refractivity contribution in [3.05, 3.63) is 59.3 Å². The van der Waals surface area contributed by atoms with Gasteiger partial charge in [0.2, 0.25) is 0 Å². The first-order valence-electron chi connectivity index (χ1n) is 9.85. The maximum absolute atomic E-state index is 14.1. The van der Waals surface area contributed by atoms with Crippen LogP contribution in [0.25, 0.3) is 33.2 Å². The number of rotatable bonds is 3. The predicted molar refractivity (Wildman–Crippen MR) is 119 cm³/mol. The Balaban J connectivity index is 1.54. The quantitative estimate of drug-likeness (QED) is 0.462. The predicted octanol–water partition coefficient (Wildman–Crippen LogP) is 4.57. The van der Waals surface area contributed by atoms with Gasteiger partial charge in [-0.05, 0) is 50.2 Å². The second-order valence-corrected chi connectivity index (χ2v) is 8.35. The fourth-order valence-electron chi connectivity index (χ4n) is 3.91. The summed E-state index contributed by atoms with van der Waals surface area (Å²) in [5, 5.41) is 9.14. The lowest BCUT2D eigenvalue weighted by Gasteiger charge is -2.22. The van der Waals surface area contributed by atoms with Gasteiger partial charge in [-0.15, -0.1) is 0 Å². The number of nitrogen functional groups attached to an aromatic ring is 1. The number of benzene rings is 1. The molecule has 5 rings (SSSR count). The van der Waals surface area contributed by atoms with Crippen LogP contribution in [0.15, 0.2) is 53.5 Å². The average molecular weight is 467 g/mol. The van der Waals surface area contributed by atoms with E-state index < -0.39 is 0 Å². The summed E-state index contributed by atoms with van der Waals surface area (Å²) < 4.78 is 17.0. The van der Waals surface area contributed by atoms with Gasteiger partial charge in [-0.3, -0.25) is 9.67 Å². The monoisotopic (exact) mass is 466 g/mol. The van der Waals surface area contributed by atoms with E-state index in [4.69, 9.17) is 5.73 Å². The van der Waals surface area contributed by atoms with Crippen LogP contribution in [0.4, 0.5) is 10.2 Å². The SMILES string of the molecule is Nc1ncc(-c2cnn(C3CCNCC3)c2)cc1-c1cc2c(Br)ccc(F)c2cn1. The first kappa shape index (κ1) is 19.1. The number of piperidine rings is 1. The minimum atomic E-state index is -0.308. The molecule has 0 spiro atoms. The van der Waals surface area contributed by atoms with Crippen molar-refractivity contribution in [3.63, 3.8) is 0 Å². The van der Waals surface area contributed by atoms with Gasteiger partial charge in [-0.25, -0.2) is 9.37 Å². The van der Waals surface area contributed by atoms with Crippen molar-refractivity contribution in [2.75, 3.05) is 18.8 Å². The van der Waals surface area contributed by atoms with E-state index in [1.807, 2.05) is 23.0 Å². The van der Waals surface area contributed by atoms with E-state index in [9.17, 15) is 4.39 Å². The standard InChI is InChI=1S/C22H20BrFN6/c23-19-1-2-20(24)18-11-27-21(8-16(18)19)17-7-13(9-28-22(17)25)14-10-29-30(12-14)15-3-5-26-6-4-15/h1-2,7-12,15,26H,3-6H2,(H2,25,28). The van der Waals surface area contributed by atoms with Crippen LogP contribution in [0, 0.1) is 5.82 Å². The number of fused-ring (bicyclic) bond motifs is 1. The maximum Gasteiger partial charge on any atom is 0.132 e. The van der Waals surface area contributed by atoms with E-state index in [1.54, 1.807) is 12.3 Å². The van der Waals surface area contributed by atoms with E-state index in [-0.39, 0.29) is 5.82 Å². The van der Waals surface area contributed by atoms with Crippen molar-refractivity contribution >= 4 is 32.5 Å². The third kappa shape index (κ3) is 3.46. The molecule has 1 aliphatic heterocycles. The molecule has 3 N–H and O–H groups in total. The summed E-state index contributed by atoms with van der Waals surface area (Å²) in [4.78, 5) is 8.82. The molecule has 1 aromatic carbocycles. The highest BCUT2D eigenvalue weighted by atomic mass is 79.9. The minimum Gasteiger partial charge on any atom is -0.383 e. The minimum absolute atomic E-state index is 0.308. The zero-order valence-electron chi connectivity index (χ0n) is 16.1. The lowest BCUT2D eigenvalue weighted by molar-refractivity contribution is 0.343. The molecule has 0 aliphatic carbocycles. The number of nitrogens with one attached hydrogen (secondary N) is 1. The molecule has 30 heavy (non-hydrogen) atoms. The summed E-state index contributed by atoms with van der Waals surface area (Å²) in [6, 6.07) is 7.32. The maximum atomic E-state index is 14.1. The second-order valence-electron chi connectivity index (χ2n) is 7.49. The lowest BCUT2D eigenvalue weighted by Crippen LogP contribution is -2.29. The lowest BCUT2D eigenvalue weighted by atomic mass is 10.0. The zero-order chi connectivity index (χ0) is 20.7. The van der Waals surface area contributed by atoms with E-state index in [0.717, 1.165) is 46.9 Å². The largest absolute Gasteiger partial charge is 0.383 e. The van der Waals surface area contributed by atoms with Crippen molar-refractivity contribution in [1.82, 2.24) is 25.1 Å². The van der Waals surface area contributed by atoms with E-state index in [2.05, 4.69) is 42.5 Å². The Kier molecular flexibility index (Phi) is 4.96. The number of pyridine rings is 2. The first-order chi connectivity index (χ1) is 14.6. The van der Waals surface area contributed by atoms with Gasteiger partial charge in [0.05, 0.1) is 17.9 Å². The molecule has 1 saturated heterocycles. The van der Waals surface area contributed by atoms with E-state index in [0.29, 0.717) is 28.5 Å². The van der Waals surface area contributed by atoms with Gasteiger partial charge in [0.25, 0.3) is 0 Å². The number of nitrogens with zero attached hydrogens (tertiary/aromatic N) is 4. The molecule has 1 aliphatic rings. The summed E-state index contributed by atoms with van der Waals surface area (Å²) in [6.07, 6.45) is 9.34. The molecule has 0 amide bonds. The van der Waals surface area contributed by atoms with Gasteiger partial charge in [-0.1, -0.05) is 15.9 Å². The molecule has 4 aromatic rings. The van der Waals surface area contributed by atoms with E-state index >= 15 is 0 Å². The number of nitrogens with two attached hydrogens (primary N) is 1. The molecule has 0 unspecified atom stereocenters. The van der Waals surface area contributed by atoms with Crippen LogP contribution in [0.1, 0.15) is 18.9 Å². The molecule has 1 fully saturated rings. The zero-order valence-corrected chi connectivity index (χ0v) is 17.7. The highest BCUT2D eigenvalue weighted by Crippen LogP contribution is 2.33. The molecule has 6 nitrogen and oxygen atoms in total. The average Bonchev–Trinajstić information content (AvgIpc) is 3.27. The highest BCUT2D eigenvalue weighted by Gasteiger charge is 2.17. The van der Waals surface area contributed by atoms with Crippen LogP contribution in [0.5, 0.6) is 0 Å². The second kappa shape index (κ2) is 7.77. The molecule has 0 radical (unpaired) electrons. The van der Waals surface area contributed by atoms with Crippen molar-refractivity contribution in [2.24, 2.45) is 0 Å². The molecular formula is C22H20BrFN6. The van der Waals surface area contributed by atoms with Crippen LogP contribution in [-0.2, 0) is 0 Å². The topological polar surface area (TPSA) is 81.6 Å². The molecular weight excluding hydrogens is 447 g/mol. The van der Waals surface area contributed by atoms with Crippen LogP contribution >= 0.6 is 15.9 Å². The van der Waals surface area contributed by atoms with Crippen LogP contribution in [0.2, 0.25) is 0 Å². The normalized spacial score (nSPS) is 15.0. The van der Waals surface area contributed by atoms with Gasteiger partial charge in [0.15, 0.2) is 0 Å². The molecule has 152 valence electrons. The Morgan fingerprint density at radius 1 is 1.03 bits per heavy atom. The number of hydrogen-bond acceptors (Lipinski definition) is 5. The Hall–Kier alpha value is -2.84. The van der Waals surface area contributed by atoms with Crippen LogP contribution in [-0.4, -0.2) is 32.8 Å². The Bertz CT molecular complexity index is 1230. The fourth-order valence-corrected chi connectivity index (χ4v) is 4.37. The van der Waals surface area contributed by atoms with Crippen molar-refractivity contribution in [2.45, 2.75) is 18.9 Å². The highest BCUT2D eigenvalue weighted by molar-refractivity contribution is 9.10. The van der Waals surface area contributed by atoms with Gasteiger partial charge < -0.3 is 11.1 Å². The molecule has 0 atom stereocenters. The Labute approximate surface area is 181 Å². The third-order valence-corrected chi connectivity index (χ3v) is 6.30. The van der Waals surface area contributed by atoms with Crippen molar-refractivity contribution < 1.29 is 4.39 Å². The van der Waals surface area contributed by atoms with E-state index in [1.165, 1.54) is 12.3 Å². The summed E-state index contributed by atoms with van der Waals surface area (Å²) in [5.41, 5.74) is 9.42. The number of hydrogen-bond donors (Lipinski definition) is 2. The van der Waals surface area contributed by atoms with Gasteiger partial charge >= 0.3 is 0 Å². The smallest absolute Gasteiger partial charge is 0.132 e. The van der Waals surface area contributed by atoms with Gasteiger partial charge in [0, 0.05) is 50.5 Å². The molecule has 3 aromatic heterocycles. The Morgan fingerprint density at radius 3 is 2.70 bits per heavy atom. The number of aromatic nitrogens is 4. The van der Waals surface area contributed by atoms with Crippen molar-refractivity contribution in [3.8, 4) is 22.4 Å². The summed E-state index contributed by atoms with van der Waals surface area (Å²) in [6.45, 7) is 2.02. The number of halogens is 2. The van der Waals surface area contributed by atoms with Gasteiger partial charge in [-0.2, -0.15) is 5.10 Å². The van der Waals surface area contributed by atoms with Gasteiger partial charge in [0.1, 0.15) is 11.6 Å². The Morgan fingerprint density at radius 2 is 1.87 bits per heavy atom. The molecule has 0 bridgehead atoms. The third-order valence-electron chi connectivity index (χ3n) is 5.61.